The minimum absolute atomic E-state index is 0.103. The minimum Gasteiger partial charge on any atom is -0.496 e. The molecule has 2 heterocycles. The van der Waals surface area contributed by atoms with Crippen molar-refractivity contribution in [1.82, 2.24) is 4.57 Å². The van der Waals surface area contributed by atoms with E-state index in [1.54, 1.807) is 28.4 Å². The molecule has 198 valence electrons. The molecule has 0 N–H and O–H groups in total. The largest absolute Gasteiger partial charge is 0.496 e. The number of thiazole rings is 1. The molecule has 0 spiro atoms. The number of fused-ring (bicyclic) bond motifs is 3. The average molecular weight is 541 g/mol. The van der Waals surface area contributed by atoms with Gasteiger partial charge in [-0.2, -0.15) is 0 Å². The maximum absolute atomic E-state index is 14.1. The van der Waals surface area contributed by atoms with E-state index in [1.807, 2.05) is 53.1 Å². The second kappa shape index (κ2) is 10.1. The van der Waals surface area contributed by atoms with Gasteiger partial charge in [0.25, 0.3) is 5.56 Å². The summed E-state index contributed by atoms with van der Waals surface area (Å²) in [5.74, 6) is 2.29. The number of para-hydroxylation sites is 1. The van der Waals surface area contributed by atoms with Crippen LogP contribution in [0.3, 0.4) is 0 Å². The maximum Gasteiger partial charge on any atom is 0.271 e. The molecule has 1 aliphatic heterocycles. The van der Waals surface area contributed by atoms with E-state index in [0.29, 0.717) is 26.6 Å². The number of hydrogen-bond donors (Lipinski definition) is 0. The minimum atomic E-state index is -0.317. The summed E-state index contributed by atoms with van der Waals surface area (Å²) in [6.45, 7) is 0. The highest BCUT2D eigenvalue weighted by molar-refractivity contribution is 7.07. The molecule has 0 unspecified atom stereocenters. The van der Waals surface area contributed by atoms with Crippen molar-refractivity contribution in [2.75, 3.05) is 28.4 Å². The first-order valence-corrected chi connectivity index (χ1v) is 13.5. The lowest BCUT2D eigenvalue weighted by atomic mass is 9.83. The highest BCUT2D eigenvalue weighted by Gasteiger charge is 2.34. The van der Waals surface area contributed by atoms with Crippen LogP contribution in [0.25, 0.3) is 11.8 Å². The van der Waals surface area contributed by atoms with Crippen molar-refractivity contribution in [2.24, 2.45) is 4.99 Å². The molecule has 1 aliphatic carbocycles. The zero-order chi connectivity index (χ0) is 27.1. The van der Waals surface area contributed by atoms with Crippen LogP contribution in [0, 0.1) is 0 Å². The van der Waals surface area contributed by atoms with Crippen LogP contribution in [0.1, 0.15) is 34.7 Å². The van der Waals surface area contributed by atoms with Crippen LogP contribution in [-0.2, 0) is 6.42 Å². The summed E-state index contributed by atoms with van der Waals surface area (Å²) in [6.07, 6.45) is 3.56. The molecule has 3 aromatic carbocycles. The lowest BCUT2D eigenvalue weighted by molar-refractivity contribution is 0.324. The Morgan fingerprint density at radius 1 is 0.872 bits per heavy atom. The second-order valence-corrected chi connectivity index (χ2v) is 10.3. The Morgan fingerprint density at radius 2 is 1.56 bits per heavy atom. The van der Waals surface area contributed by atoms with Crippen molar-refractivity contribution in [3.8, 4) is 23.0 Å². The number of methoxy groups -OCH3 is 4. The fraction of sp³-hybridized carbons (Fsp3) is 0.226. The highest BCUT2D eigenvalue weighted by Crippen LogP contribution is 2.43. The van der Waals surface area contributed by atoms with Crippen molar-refractivity contribution in [3.05, 3.63) is 108 Å². The lowest BCUT2D eigenvalue weighted by Gasteiger charge is -2.31. The summed E-state index contributed by atoms with van der Waals surface area (Å²) in [4.78, 5) is 19.8. The number of rotatable bonds is 6. The smallest absolute Gasteiger partial charge is 0.271 e. The van der Waals surface area contributed by atoms with Gasteiger partial charge >= 0.3 is 0 Å². The van der Waals surface area contributed by atoms with Gasteiger partial charge in [-0.05, 0) is 53.8 Å². The van der Waals surface area contributed by atoms with Gasteiger partial charge in [0, 0.05) is 11.1 Å². The summed E-state index contributed by atoms with van der Waals surface area (Å²) in [5.41, 5.74) is 6.09. The molecule has 0 amide bonds. The van der Waals surface area contributed by atoms with E-state index in [2.05, 4.69) is 18.2 Å². The van der Waals surface area contributed by atoms with Gasteiger partial charge in [0.15, 0.2) is 16.3 Å². The Hall–Kier alpha value is -4.30. The zero-order valence-electron chi connectivity index (χ0n) is 22.2. The van der Waals surface area contributed by atoms with Crippen LogP contribution in [0.5, 0.6) is 23.0 Å². The van der Waals surface area contributed by atoms with E-state index in [0.717, 1.165) is 46.6 Å². The Bertz CT molecular complexity index is 1780. The summed E-state index contributed by atoms with van der Waals surface area (Å²) in [7, 11) is 6.38. The highest BCUT2D eigenvalue weighted by atomic mass is 32.1. The van der Waals surface area contributed by atoms with Crippen LogP contribution in [0.2, 0.25) is 0 Å². The van der Waals surface area contributed by atoms with Gasteiger partial charge in [0.2, 0.25) is 5.75 Å². The first kappa shape index (κ1) is 25.0. The maximum atomic E-state index is 14.1. The van der Waals surface area contributed by atoms with Crippen LogP contribution < -0.4 is 33.8 Å². The van der Waals surface area contributed by atoms with Gasteiger partial charge in [-0.3, -0.25) is 9.36 Å². The molecule has 2 aliphatic rings. The second-order valence-electron chi connectivity index (χ2n) is 9.31. The summed E-state index contributed by atoms with van der Waals surface area (Å²) in [5, 5.41) is 0. The van der Waals surface area contributed by atoms with Gasteiger partial charge in [0.05, 0.1) is 44.7 Å². The van der Waals surface area contributed by atoms with Crippen molar-refractivity contribution in [2.45, 2.75) is 18.9 Å². The van der Waals surface area contributed by atoms with E-state index >= 15 is 0 Å². The molecule has 0 saturated heterocycles. The summed E-state index contributed by atoms with van der Waals surface area (Å²) in [6, 6.07) is 19.7. The number of benzene rings is 3. The third-order valence-electron chi connectivity index (χ3n) is 7.29. The number of ether oxygens (including phenoxy) is 4. The van der Waals surface area contributed by atoms with Gasteiger partial charge in [-0.1, -0.05) is 53.8 Å². The lowest BCUT2D eigenvalue weighted by Crippen LogP contribution is -2.39. The Morgan fingerprint density at radius 3 is 2.28 bits per heavy atom. The first-order chi connectivity index (χ1) is 19.1. The quantitative estimate of drug-likeness (QED) is 0.364. The normalized spacial score (nSPS) is 16.1. The molecule has 1 atom stereocenters. The molecule has 1 aromatic heterocycles. The number of nitrogens with zero attached hydrogens (tertiary/aromatic N) is 2. The fourth-order valence-electron chi connectivity index (χ4n) is 5.53. The van der Waals surface area contributed by atoms with Crippen molar-refractivity contribution >= 4 is 23.1 Å². The molecule has 0 fully saturated rings. The third-order valence-corrected chi connectivity index (χ3v) is 8.27. The first-order valence-electron chi connectivity index (χ1n) is 12.6. The molecule has 4 aromatic rings. The van der Waals surface area contributed by atoms with Gasteiger partial charge in [-0.15, -0.1) is 0 Å². The van der Waals surface area contributed by atoms with Crippen LogP contribution in [0.15, 0.2) is 76.0 Å². The molecule has 0 bridgehead atoms. The van der Waals surface area contributed by atoms with Crippen molar-refractivity contribution in [3.63, 3.8) is 0 Å². The van der Waals surface area contributed by atoms with Crippen LogP contribution >= 0.6 is 11.3 Å². The SMILES string of the molecule is COc1ccccc1[C@H]1C2=C(N=c3sc(=Cc4cc(OC)c(OC)c(OC)c4)c(=O)n31)c1ccccc1CC2. The fourth-order valence-corrected chi connectivity index (χ4v) is 6.53. The molecular weight excluding hydrogens is 512 g/mol. The number of hydrogen-bond acceptors (Lipinski definition) is 7. The van der Waals surface area contributed by atoms with Gasteiger partial charge in [0.1, 0.15) is 5.75 Å². The van der Waals surface area contributed by atoms with E-state index in [9.17, 15) is 4.79 Å². The van der Waals surface area contributed by atoms with E-state index in [1.165, 1.54) is 16.9 Å². The molecule has 6 rings (SSSR count). The molecule has 39 heavy (non-hydrogen) atoms. The monoisotopic (exact) mass is 540 g/mol. The molecule has 8 heteroatoms. The predicted octanol–water partition coefficient (Wildman–Crippen LogP) is 4.35. The number of allylic oxidation sites excluding steroid dienone is 1. The van der Waals surface area contributed by atoms with E-state index in [4.69, 9.17) is 23.9 Å². The standard InChI is InChI=1S/C31H28N2O5S/c1-35-23-12-8-7-11-21(23)28-22-14-13-19-9-5-6-10-20(19)27(22)32-31-33(28)30(34)26(39-31)17-18-15-24(36-2)29(38-4)25(16-18)37-3/h5-12,15-17,28H,13-14H2,1-4H3/t28-/m0/s1. The van der Waals surface area contributed by atoms with E-state index in [-0.39, 0.29) is 11.6 Å². The Balaban J connectivity index is 1.61. The van der Waals surface area contributed by atoms with Crippen molar-refractivity contribution < 1.29 is 18.9 Å². The average Bonchev–Trinajstić information content (AvgIpc) is 3.29. The summed E-state index contributed by atoms with van der Waals surface area (Å²) >= 11 is 1.38. The van der Waals surface area contributed by atoms with E-state index < -0.39 is 0 Å². The zero-order valence-corrected chi connectivity index (χ0v) is 23.0. The van der Waals surface area contributed by atoms with Gasteiger partial charge in [-0.25, -0.2) is 4.99 Å². The van der Waals surface area contributed by atoms with Gasteiger partial charge < -0.3 is 18.9 Å². The van der Waals surface area contributed by atoms with Crippen LogP contribution in [-0.4, -0.2) is 33.0 Å². The summed E-state index contributed by atoms with van der Waals surface area (Å²) < 4.78 is 24.7. The molecular formula is C31H28N2O5S. The van der Waals surface area contributed by atoms with Crippen LogP contribution in [0.4, 0.5) is 0 Å². The molecule has 0 saturated carbocycles. The Labute approximate surface area is 229 Å². The number of aromatic nitrogens is 1. The van der Waals surface area contributed by atoms with Crippen molar-refractivity contribution in [1.29, 1.82) is 0 Å². The predicted molar refractivity (Wildman–Crippen MR) is 152 cm³/mol. The third kappa shape index (κ3) is 4.12. The number of aryl methyl sites for hydroxylation is 1. The topological polar surface area (TPSA) is 71.3 Å². The Kier molecular flexibility index (Phi) is 6.48. The molecule has 7 nitrogen and oxygen atoms in total. The molecule has 0 radical (unpaired) electrons.